The Labute approximate surface area is 121 Å². The van der Waals surface area contributed by atoms with Crippen molar-refractivity contribution in [2.24, 2.45) is 0 Å². The minimum absolute atomic E-state index is 0.375. The quantitative estimate of drug-likeness (QED) is 0.730. The van der Waals surface area contributed by atoms with Crippen molar-refractivity contribution in [1.29, 1.82) is 0 Å². The van der Waals surface area contributed by atoms with Gasteiger partial charge in [-0.2, -0.15) is 0 Å². The highest BCUT2D eigenvalue weighted by Gasteiger charge is 2.11. The number of rotatable bonds is 2. The Morgan fingerprint density at radius 2 is 1.85 bits per heavy atom. The van der Waals surface area contributed by atoms with Gasteiger partial charge in [0.2, 0.25) is 0 Å². The second-order valence-electron chi connectivity index (χ2n) is 4.72. The summed E-state index contributed by atoms with van der Waals surface area (Å²) in [5.74, 6) is 0. The first-order valence-electron chi connectivity index (χ1n) is 6.30. The molecule has 20 heavy (non-hydrogen) atoms. The summed E-state index contributed by atoms with van der Waals surface area (Å²) >= 11 is 5.86. The first-order chi connectivity index (χ1) is 9.63. The van der Waals surface area contributed by atoms with Gasteiger partial charge in [0.15, 0.2) is 0 Å². The van der Waals surface area contributed by atoms with Gasteiger partial charge >= 0.3 is 0 Å². The molecule has 3 nitrogen and oxygen atoms in total. The van der Waals surface area contributed by atoms with E-state index in [9.17, 15) is 5.11 Å². The van der Waals surface area contributed by atoms with Crippen LogP contribution in [0.15, 0.2) is 48.7 Å². The molecule has 0 saturated carbocycles. The summed E-state index contributed by atoms with van der Waals surface area (Å²) in [6.07, 6.45) is 0.869. The Morgan fingerprint density at radius 3 is 2.65 bits per heavy atom. The summed E-state index contributed by atoms with van der Waals surface area (Å²) in [6, 6.07) is 13.1. The minimum Gasteiger partial charge on any atom is -0.384 e. The second-order valence-corrected chi connectivity index (χ2v) is 5.11. The highest BCUT2D eigenvalue weighted by Crippen LogP contribution is 2.25. The molecular formula is C16H13ClN2O. The van der Waals surface area contributed by atoms with E-state index >= 15 is 0 Å². The van der Waals surface area contributed by atoms with E-state index < -0.39 is 6.10 Å². The molecule has 3 aromatic rings. The number of aryl methyl sites for hydroxylation is 1. The normalized spacial score (nSPS) is 12.6. The van der Waals surface area contributed by atoms with Crippen molar-refractivity contribution in [3.05, 3.63) is 70.6 Å². The van der Waals surface area contributed by atoms with Crippen LogP contribution in [0.25, 0.3) is 10.9 Å². The molecule has 0 saturated heterocycles. The van der Waals surface area contributed by atoms with Crippen molar-refractivity contribution >= 4 is 22.5 Å². The van der Waals surface area contributed by atoms with Crippen LogP contribution in [0.2, 0.25) is 5.15 Å². The van der Waals surface area contributed by atoms with Crippen molar-refractivity contribution in [2.75, 3.05) is 0 Å². The monoisotopic (exact) mass is 284 g/mol. The Kier molecular flexibility index (Phi) is 3.38. The van der Waals surface area contributed by atoms with Gasteiger partial charge in [-0.3, -0.25) is 4.98 Å². The lowest BCUT2D eigenvalue weighted by Gasteiger charge is -2.12. The van der Waals surface area contributed by atoms with Crippen LogP contribution < -0.4 is 0 Å². The van der Waals surface area contributed by atoms with E-state index in [1.807, 2.05) is 37.3 Å². The summed E-state index contributed by atoms with van der Waals surface area (Å²) in [6.45, 7) is 1.96. The van der Waals surface area contributed by atoms with E-state index in [2.05, 4.69) is 9.97 Å². The maximum Gasteiger partial charge on any atom is 0.129 e. The summed E-state index contributed by atoms with van der Waals surface area (Å²) in [4.78, 5) is 8.37. The SMILES string of the molecule is Cc1ccc2cc(C(O)c3ccnc(Cl)c3)ccc2n1. The van der Waals surface area contributed by atoms with E-state index in [0.29, 0.717) is 5.15 Å². The highest BCUT2D eigenvalue weighted by molar-refractivity contribution is 6.29. The third-order valence-corrected chi connectivity index (χ3v) is 3.44. The van der Waals surface area contributed by atoms with Gasteiger partial charge in [0.25, 0.3) is 0 Å². The largest absolute Gasteiger partial charge is 0.384 e. The zero-order valence-electron chi connectivity index (χ0n) is 10.9. The molecule has 4 heteroatoms. The molecule has 0 radical (unpaired) electrons. The number of pyridine rings is 2. The molecule has 1 atom stereocenters. The zero-order chi connectivity index (χ0) is 14.1. The third kappa shape index (κ3) is 2.50. The number of halogens is 1. The first kappa shape index (κ1) is 13.0. The van der Waals surface area contributed by atoms with Crippen LogP contribution in [0.1, 0.15) is 22.9 Å². The van der Waals surface area contributed by atoms with E-state index in [-0.39, 0.29) is 0 Å². The Hall–Kier alpha value is -1.97. The Balaban J connectivity index is 2.03. The lowest BCUT2D eigenvalue weighted by Crippen LogP contribution is -2.00. The van der Waals surface area contributed by atoms with E-state index in [1.165, 1.54) is 0 Å². The number of aliphatic hydroxyl groups excluding tert-OH is 1. The van der Waals surface area contributed by atoms with Crippen LogP contribution in [-0.4, -0.2) is 15.1 Å². The van der Waals surface area contributed by atoms with Crippen LogP contribution >= 0.6 is 11.6 Å². The van der Waals surface area contributed by atoms with E-state index in [1.54, 1.807) is 18.3 Å². The van der Waals surface area contributed by atoms with Crippen molar-refractivity contribution < 1.29 is 5.11 Å². The van der Waals surface area contributed by atoms with Crippen LogP contribution in [-0.2, 0) is 0 Å². The van der Waals surface area contributed by atoms with Crippen molar-refractivity contribution in [1.82, 2.24) is 9.97 Å². The standard InChI is InChI=1S/C16H13ClN2O/c1-10-2-3-11-8-12(4-5-14(11)19-10)16(20)13-6-7-18-15(17)9-13/h2-9,16,20H,1H3. The minimum atomic E-state index is -0.721. The second kappa shape index (κ2) is 5.19. The molecule has 0 aliphatic rings. The topological polar surface area (TPSA) is 46.0 Å². The maximum atomic E-state index is 10.4. The molecule has 0 amide bonds. The fourth-order valence-corrected chi connectivity index (χ4v) is 2.38. The average molecular weight is 285 g/mol. The molecule has 0 spiro atoms. The van der Waals surface area contributed by atoms with Gasteiger partial charge < -0.3 is 5.11 Å². The van der Waals surface area contributed by atoms with Crippen LogP contribution in [0, 0.1) is 6.92 Å². The van der Waals surface area contributed by atoms with Crippen LogP contribution in [0.3, 0.4) is 0 Å². The average Bonchev–Trinajstić information content (AvgIpc) is 2.46. The molecule has 1 aromatic carbocycles. The number of hydrogen-bond acceptors (Lipinski definition) is 3. The maximum absolute atomic E-state index is 10.4. The Bertz CT molecular complexity index is 773. The number of nitrogens with zero attached hydrogens (tertiary/aromatic N) is 2. The van der Waals surface area contributed by atoms with Crippen molar-refractivity contribution in [2.45, 2.75) is 13.0 Å². The van der Waals surface area contributed by atoms with Gasteiger partial charge in [0.05, 0.1) is 5.52 Å². The molecule has 2 aromatic heterocycles. The smallest absolute Gasteiger partial charge is 0.129 e. The van der Waals surface area contributed by atoms with Crippen molar-refractivity contribution in [3.63, 3.8) is 0 Å². The first-order valence-corrected chi connectivity index (χ1v) is 6.68. The predicted molar refractivity (Wildman–Crippen MR) is 79.8 cm³/mol. The molecule has 100 valence electrons. The van der Waals surface area contributed by atoms with E-state index in [0.717, 1.165) is 27.7 Å². The number of hydrogen-bond donors (Lipinski definition) is 1. The van der Waals surface area contributed by atoms with Crippen molar-refractivity contribution in [3.8, 4) is 0 Å². The number of benzene rings is 1. The summed E-state index contributed by atoms with van der Waals surface area (Å²) in [7, 11) is 0. The summed E-state index contributed by atoms with van der Waals surface area (Å²) in [5, 5.41) is 11.8. The van der Waals surface area contributed by atoms with Gasteiger partial charge in [0, 0.05) is 17.3 Å². The van der Waals surface area contributed by atoms with Gasteiger partial charge in [-0.05, 0) is 48.4 Å². The highest BCUT2D eigenvalue weighted by atomic mass is 35.5. The zero-order valence-corrected chi connectivity index (χ0v) is 11.7. The molecule has 0 aliphatic heterocycles. The van der Waals surface area contributed by atoms with Crippen LogP contribution in [0.4, 0.5) is 0 Å². The van der Waals surface area contributed by atoms with Gasteiger partial charge in [-0.15, -0.1) is 0 Å². The molecule has 1 N–H and O–H groups in total. The molecular weight excluding hydrogens is 272 g/mol. The predicted octanol–water partition coefficient (Wildman–Crippen LogP) is 3.67. The molecule has 0 bridgehead atoms. The molecule has 0 fully saturated rings. The lowest BCUT2D eigenvalue weighted by molar-refractivity contribution is 0.220. The summed E-state index contributed by atoms with van der Waals surface area (Å²) < 4.78 is 0. The number of aromatic nitrogens is 2. The van der Waals surface area contributed by atoms with Gasteiger partial charge in [-0.1, -0.05) is 23.7 Å². The fourth-order valence-electron chi connectivity index (χ4n) is 2.20. The lowest BCUT2D eigenvalue weighted by atomic mass is 10.0. The number of aliphatic hydroxyl groups is 1. The summed E-state index contributed by atoms with van der Waals surface area (Å²) in [5.41, 5.74) is 3.44. The molecule has 1 unspecified atom stereocenters. The van der Waals surface area contributed by atoms with E-state index in [4.69, 9.17) is 11.6 Å². The molecule has 2 heterocycles. The van der Waals surface area contributed by atoms with Crippen LogP contribution in [0.5, 0.6) is 0 Å². The van der Waals surface area contributed by atoms with Gasteiger partial charge in [-0.25, -0.2) is 4.98 Å². The third-order valence-electron chi connectivity index (χ3n) is 3.23. The molecule has 3 rings (SSSR count). The van der Waals surface area contributed by atoms with Gasteiger partial charge in [0.1, 0.15) is 11.3 Å². The number of fused-ring (bicyclic) bond motifs is 1. The molecule has 0 aliphatic carbocycles. The fraction of sp³-hybridized carbons (Fsp3) is 0.125. The Morgan fingerprint density at radius 1 is 1.05 bits per heavy atom.